The Bertz CT molecular complexity index is 862. The zero-order chi connectivity index (χ0) is 17.0. The molecule has 24 heavy (non-hydrogen) atoms. The molecular formula is C12H11IN5NaO4S. The number of anilines is 1. The van der Waals surface area contributed by atoms with Gasteiger partial charge in [0, 0.05) is 3.57 Å². The Balaban J connectivity index is 0.00000288. The maximum atomic E-state index is 12.1. The van der Waals surface area contributed by atoms with Gasteiger partial charge in [0.2, 0.25) is 5.95 Å². The van der Waals surface area contributed by atoms with Crippen molar-refractivity contribution in [3.8, 4) is 6.01 Å². The summed E-state index contributed by atoms with van der Waals surface area (Å²) in [4.78, 5) is 11.4. The predicted molar refractivity (Wildman–Crippen MR) is 88.5 cm³/mol. The van der Waals surface area contributed by atoms with Gasteiger partial charge in [-0.2, -0.15) is 27.8 Å². The van der Waals surface area contributed by atoms with Gasteiger partial charge in [-0.25, -0.2) is 0 Å². The smallest absolute Gasteiger partial charge is 0.845 e. The number of nitrogens with zero attached hydrogens (tertiary/aromatic N) is 4. The molecule has 0 saturated carbocycles. The molecule has 0 aliphatic heterocycles. The molecule has 0 atom stereocenters. The molecule has 0 fully saturated rings. The molecule has 0 spiro atoms. The fourth-order valence-electron chi connectivity index (χ4n) is 1.54. The van der Waals surface area contributed by atoms with Crippen molar-refractivity contribution in [3.05, 3.63) is 33.7 Å². The number of aryl methyl sites for hydroxylation is 1. The van der Waals surface area contributed by atoms with Gasteiger partial charge in [0.25, 0.3) is 10.0 Å². The van der Waals surface area contributed by atoms with Crippen LogP contribution in [0.25, 0.3) is 0 Å². The first-order valence-electron chi connectivity index (χ1n) is 6.12. The second kappa shape index (κ2) is 8.89. The average molecular weight is 471 g/mol. The van der Waals surface area contributed by atoms with Crippen LogP contribution in [0, 0.1) is 10.5 Å². The molecule has 1 aromatic heterocycles. The minimum Gasteiger partial charge on any atom is -0.845 e. The second-order valence-electron chi connectivity index (χ2n) is 4.12. The van der Waals surface area contributed by atoms with Gasteiger partial charge in [-0.1, -0.05) is 12.1 Å². The molecule has 0 saturated heterocycles. The van der Waals surface area contributed by atoms with Crippen LogP contribution in [0.4, 0.5) is 5.95 Å². The molecule has 1 N–H and O–H groups in total. The summed E-state index contributed by atoms with van der Waals surface area (Å²) in [6.45, 7) is 1.57. The summed E-state index contributed by atoms with van der Waals surface area (Å²) >= 11 is 1.85. The van der Waals surface area contributed by atoms with Crippen LogP contribution in [0.5, 0.6) is 6.01 Å². The summed E-state index contributed by atoms with van der Waals surface area (Å²) in [5, 5.41) is 14.0. The molecule has 0 aliphatic carbocycles. The minimum absolute atomic E-state index is 0. The van der Waals surface area contributed by atoms with Gasteiger partial charge >= 0.3 is 35.6 Å². The van der Waals surface area contributed by atoms with Crippen molar-refractivity contribution in [1.29, 1.82) is 0 Å². The third kappa shape index (κ3) is 5.51. The number of rotatable bonds is 4. The first-order valence-corrected chi connectivity index (χ1v) is 8.64. The van der Waals surface area contributed by atoms with E-state index in [-0.39, 0.29) is 46.4 Å². The zero-order valence-corrected chi connectivity index (χ0v) is 18.0. The van der Waals surface area contributed by atoms with Crippen molar-refractivity contribution in [3.63, 3.8) is 0 Å². The number of nitrogens with one attached hydrogen (secondary N) is 1. The van der Waals surface area contributed by atoms with Crippen LogP contribution in [0.2, 0.25) is 0 Å². The van der Waals surface area contributed by atoms with Crippen LogP contribution in [0.15, 0.2) is 33.6 Å². The van der Waals surface area contributed by atoms with E-state index in [1.165, 1.54) is 13.2 Å². The molecule has 0 bridgehead atoms. The van der Waals surface area contributed by atoms with Crippen LogP contribution in [0.3, 0.4) is 0 Å². The Kier molecular flexibility index (Phi) is 7.79. The maximum Gasteiger partial charge on any atom is 1.00 e. The number of amidine groups is 1. The minimum atomic E-state index is -4.13. The summed E-state index contributed by atoms with van der Waals surface area (Å²) < 4.78 is 32.8. The van der Waals surface area contributed by atoms with Crippen LogP contribution in [-0.4, -0.2) is 36.5 Å². The first-order chi connectivity index (χ1) is 10.8. The SMILES string of the molecule is COc1nc(C)nc(NC([O-])=NS(=O)(=O)c2ccccc2I)n1.[Na+]. The monoisotopic (exact) mass is 471 g/mol. The van der Waals surface area contributed by atoms with Gasteiger partial charge in [0.05, 0.1) is 13.1 Å². The van der Waals surface area contributed by atoms with Crippen LogP contribution >= 0.6 is 22.6 Å². The van der Waals surface area contributed by atoms with Crippen molar-refractivity contribution >= 4 is 44.6 Å². The molecule has 122 valence electrons. The number of sulfonamides is 1. The van der Waals surface area contributed by atoms with E-state index in [1.54, 1.807) is 25.1 Å². The molecule has 12 heteroatoms. The van der Waals surface area contributed by atoms with Gasteiger partial charge in [-0.05, 0) is 41.6 Å². The number of ether oxygens (including phenoxy) is 1. The van der Waals surface area contributed by atoms with Crippen LogP contribution in [-0.2, 0) is 10.0 Å². The van der Waals surface area contributed by atoms with Crippen LogP contribution in [0.1, 0.15) is 5.82 Å². The van der Waals surface area contributed by atoms with E-state index >= 15 is 0 Å². The molecule has 0 aliphatic rings. The van der Waals surface area contributed by atoms with Gasteiger partial charge in [-0.15, -0.1) is 0 Å². The van der Waals surface area contributed by atoms with E-state index in [0.29, 0.717) is 9.39 Å². The third-order valence-electron chi connectivity index (χ3n) is 2.45. The Morgan fingerprint density at radius 3 is 2.58 bits per heavy atom. The largest absolute Gasteiger partial charge is 1.00 e. The molecular weight excluding hydrogens is 460 g/mol. The van der Waals surface area contributed by atoms with E-state index in [2.05, 4.69) is 24.7 Å². The molecule has 2 aromatic rings. The molecule has 1 aromatic carbocycles. The number of benzene rings is 1. The van der Waals surface area contributed by atoms with E-state index in [0.717, 1.165) is 0 Å². The van der Waals surface area contributed by atoms with Crippen molar-refractivity contribution in [2.24, 2.45) is 4.40 Å². The quantitative estimate of drug-likeness (QED) is 0.221. The zero-order valence-electron chi connectivity index (χ0n) is 13.0. The van der Waals surface area contributed by atoms with Crippen molar-refractivity contribution < 1.29 is 47.8 Å². The summed E-state index contributed by atoms with van der Waals surface area (Å²) in [6.07, 6.45) is 0. The number of hydrogen-bond acceptors (Lipinski definition) is 7. The van der Waals surface area contributed by atoms with Crippen molar-refractivity contribution in [1.82, 2.24) is 15.0 Å². The molecule has 0 unspecified atom stereocenters. The first kappa shape index (κ1) is 21.0. The van der Waals surface area contributed by atoms with E-state index in [1.807, 2.05) is 22.6 Å². The Hall–Kier alpha value is -1.02. The second-order valence-corrected chi connectivity index (χ2v) is 6.85. The molecule has 2 rings (SSSR count). The number of methoxy groups -OCH3 is 1. The summed E-state index contributed by atoms with van der Waals surface area (Å²) in [6, 6.07) is 5.07. The standard InChI is InChI=1S/C12H12IN5O4S.Na/c1-7-14-10(17-12(15-7)22-2)16-11(19)18-23(20,21)9-6-4-3-5-8(9)13;/h3-6H,1-2H3,(H2,14,15,16,17,18,19);/q;+1/p-1. The number of aromatic nitrogens is 3. The van der Waals surface area contributed by atoms with Gasteiger partial charge in [0.1, 0.15) is 10.7 Å². The summed E-state index contributed by atoms with van der Waals surface area (Å²) in [5.41, 5.74) is 0. The predicted octanol–water partition coefficient (Wildman–Crippen LogP) is -2.69. The van der Waals surface area contributed by atoms with Crippen molar-refractivity contribution in [2.75, 3.05) is 12.4 Å². The molecule has 0 radical (unpaired) electrons. The Morgan fingerprint density at radius 2 is 1.96 bits per heavy atom. The maximum absolute atomic E-state index is 12.1. The van der Waals surface area contributed by atoms with E-state index < -0.39 is 16.0 Å². The normalized spacial score (nSPS) is 11.5. The van der Waals surface area contributed by atoms with Gasteiger partial charge in [-0.3, -0.25) is 0 Å². The van der Waals surface area contributed by atoms with Crippen LogP contribution < -0.4 is 44.7 Å². The number of hydrogen-bond donors (Lipinski definition) is 1. The summed E-state index contributed by atoms with van der Waals surface area (Å²) in [5.74, 6) is 0.147. The third-order valence-corrected chi connectivity index (χ3v) is 5.07. The van der Waals surface area contributed by atoms with Crippen molar-refractivity contribution in [2.45, 2.75) is 11.8 Å². The van der Waals surface area contributed by atoms with E-state index in [4.69, 9.17) is 4.74 Å². The molecule has 1 heterocycles. The van der Waals surface area contributed by atoms with Gasteiger partial charge in [0.15, 0.2) is 0 Å². The fourth-order valence-corrected chi connectivity index (χ4v) is 3.68. The average Bonchev–Trinajstić information content (AvgIpc) is 2.46. The van der Waals surface area contributed by atoms with Gasteiger partial charge < -0.3 is 15.2 Å². The Morgan fingerprint density at radius 1 is 1.29 bits per heavy atom. The molecule has 0 amide bonds. The molecule has 9 nitrogen and oxygen atoms in total. The summed E-state index contributed by atoms with van der Waals surface area (Å²) in [7, 11) is -2.78. The Labute approximate surface area is 174 Å². The fraction of sp³-hybridized carbons (Fsp3) is 0.167. The van der Waals surface area contributed by atoms with E-state index in [9.17, 15) is 13.5 Å². The topological polar surface area (TPSA) is 129 Å². The number of halogens is 1.